The van der Waals surface area contributed by atoms with Gasteiger partial charge in [-0.15, -0.1) is 0 Å². The van der Waals surface area contributed by atoms with E-state index in [2.05, 4.69) is 5.32 Å². The Morgan fingerprint density at radius 1 is 1.55 bits per heavy atom. The van der Waals surface area contributed by atoms with Crippen LogP contribution in [0.15, 0.2) is 18.2 Å². The van der Waals surface area contributed by atoms with E-state index in [1.807, 2.05) is 6.92 Å². The number of benzene rings is 1. The quantitative estimate of drug-likeness (QED) is 0.645. The third-order valence-electron chi connectivity index (χ3n) is 3.40. The lowest BCUT2D eigenvalue weighted by Crippen LogP contribution is -2.60. The Bertz CT molecular complexity index is 497. The van der Waals surface area contributed by atoms with Gasteiger partial charge in [0.25, 0.3) is 0 Å². The van der Waals surface area contributed by atoms with Crippen molar-refractivity contribution < 1.29 is 14.4 Å². The van der Waals surface area contributed by atoms with Crippen molar-refractivity contribution in [1.29, 1.82) is 0 Å². The second-order valence-electron chi connectivity index (χ2n) is 4.60. The van der Waals surface area contributed by atoms with Crippen LogP contribution < -0.4 is 10.1 Å². The lowest BCUT2D eigenvalue weighted by molar-refractivity contribution is -0.386. The summed E-state index contributed by atoms with van der Waals surface area (Å²) >= 11 is 6.00. The zero-order valence-electron chi connectivity index (χ0n) is 11.3. The Hall–Kier alpha value is -1.37. The monoisotopic (exact) mass is 300 g/mol. The van der Waals surface area contributed by atoms with Gasteiger partial charge < -0.3 is 14.8 Å². The second-order valence-corrected chi connectivity index (χ2v) is 5.01. The Balaban J connectivity index is 2.13. The number of ether oxygens (including phenoxy) is 2. The number of methoxy groups -OCH3 is 1. The summed E-state index contributed by atoms with van der Waals surface area (Å²) in [5, 5.41) is 14.5. The van der Waals surface area contributed by atoms with Crippen molar-refractivity contribution in [2.75, 3.05) is 13.7 Å². The largest absolute Gasteiger partial charge is 0.480 e. The molecule has 0 aromatic heterocycles. The minimum Gasteiger partial charge on any atom is -0.480 e. The predicted molar refractivity (Wildman–Crippen MR) is 75.4 cm³/mol. The van der Waals surface area contributed by atoms with Crippen LogP contribution in [0.3, 0.4) is 0 Å². The molecule has 20 heavy (non-hydrogen) atoms. The first kappa shape index (κ1) is 15.0. The van der Waals surface area contributed by atoms with E-state index in [0.29, 0.717) is 0 Å². The summed E-state index contributed by atoms with van der Waals surface area (Å²) < 4.78 is 11.1. The van der Waals surface area contributed by atoms with Crippen molar-refractivity contribution in [3.05, 3.63) is 33.3 Å². The van der Waals surface area contributed by atoms with Crippen LogP contribution in [0.25, 0.3) is 0 Å². The lowest BCUT2D eigenvalue weighted by atomic mass is 9.85. The molecular formula is C13H17ClN2O4. The van der Waals surface area contributed by atoms with Gasteiger partial charge in [-0.25, -0.2) is 0 Å². The van der Waals surface area contributed by atoms with Gasteiger partial charge in [0.1, 0.15) is 12.2 Å². The standard InChI is InChI=1S/C13H17ClN2O4/c1-3-15-9-7-11(13(9)19-2)20-12-8(14)5-4-6-10(12)16(17)18/h4-6,9,11,13,15H,3,7H2,1-2H3. The smallest absolute Gasteiger partial charge is 0.312 e. The van der Waals surface area contributed by atoms with Gasteiger partial charge in [-0.2, -0.15) is 0 Å². The molecule has 0 bridgehead atoms. The molecule has 0 spiro atoms. The third-order valence-corrected chi connectivity index (χ3v) is 3.70. The molecule has 7 heteroatoms. The van der Waals surface area contributed by atoms with Crippen molar-refractivity contribution in [2.45, 2.75) is 31.6 Å². The molecule has 1 aliphatic carbocycles. The maximum Gasteiger partial charge on any atom is 0.312 e. The molecule has 3 unspecified atom stereocenters. The van der Waals surface area contributed by atoms with Crippen LogP contribution in [-0.4, -0.2) is 36.8 Å². The van der Waals surface area contributed by atoms with Crippen LogP contribution in [0.5, 0.6) is 5.75 Å². The molecule has 0 aliphatic heterocycles. The fourth-order valence-electron chi connectivity index (χ4n) is 2.38. The molecule has 0 amide bonds. The fraction of sp³-hybridized carbons (Fsp3) is 0.538. The van der Waals surface area contributed by atoms with Crippen molar-refractivity contribution in [3.63, 3.8) is 0 Å². The molecule has 0 saturated heterocycles. The summed E-state index contributed by atoms with van der Waals surface area (Å²) in [6.45, 7) is 2.85. The molecular weight excluding hydrogens is 284 g/mol. The van der Waals surface area contributed by atoms with Crippen LogP contribution in [0.4, 0.5) is 5.69 Å². The van der Waals surface area contributed by atoms with Crippen LogP contribution in [0.1, 0.15) is 13.3 Å². The van der Waals surface area contributed by atoms with Gasteiger partial charge in [-0.05, 0) is 12.6 Å². The number of halogens is 1. The maximum atomic E-state index is 11.0. The first-order valence-corrected chi connectivity index (χ1v) is 6.82. The van der Waals surface area contributed by atoms with E-state index in [-0.39, 0.29) is 34.7 Å². The first-order chi connectivity index (χ1) is 9.58. The Kier molecular flexibility index (Phi) is 4.80. The summed E-state index contributed by atoms with van der Waals surface area (Å²) in [6.07, 6.45) is 0.364. The molecule has 1 aromatic carbocycles. The molecule has 1 N–H and O–H groups in total. The molecule has 1 aliphatic rings. The fourth-order valence-corrected chi connectivity index (χ4v) is 2.60. The number of nitro groups is 1. The Labute approximate surface area is 122 Å². The van der Waals surface area contributed by atoms with Crippen molar-refractivity contribution in [3.8, 4) is 5.75 Å². The van der Waals surface area contributed by atoms with Gasteiger partial charge in [-0.1, -0.05) is 24.6 Å². The van der Waals surface area contributed by atoms with Gasteiger partial charge in [0.2, 0.25) is 5.75 Å². The van der Waals surface area contributed by atoms with Gasteiger partial charge in [0.15, 0.2) is 0 Å². The van der Waals surface area contributed by atoms with E-state index >= 15 is 0 Å². The zero-order chi connectivity index (χ0) is 14.7. The van der Waals surface area contributed by atoms with Gasteiger partial charge in [0.05, 0.1) is 9.95 Å². The topological polar surface area (TPSA) is 73.6 Å². The molecule has 3 atom stereocenters. The number of likely N-dealkylation sites (N-methyl/N-ethyl adjacent to an activating group) is 1. The van der Waals surface area contributed by atoms with E-state index in [4.69, 9.17) is 21.1 Å². The van der Waals surface area contributed by atoms with Gasteiger partial charge >= 0.3 is 5.69 Å². The van der Waals surface area contributed by atoms with Crippen LogP contribution in [0, 0.1) is 10.1 Å². The molecule has 1 aromatic rings. The van der Waals surface area contributed by atoms with Crippen molar-refractivity contribution in [2.24, 2.45) is 0 Å². The molecule has 1 fully saturated rings. The highest BCUT2D eigenvalue weighted by atomic mass is 35.5. The number of para-hydroxylation sites is 1. The van der Waals surface area contributed by atoms with E-state index < -0.39 is 4.92 Å². The average Bonchev–Trinajstić information content (AvgIpc) is 2.39. The number of nitro benzene ring substituents is 1. The highest BCUT2D eigenvalue weighted by molar-refractivity contribution is 6.32. The van der Waals surface area contributed by atoms with Crippen LogP contribution in [-0.2, 0) is 4.74 Å². The van der Waals surface area contributed by atoms with Crippen LogP contribution >= 0.6 is 11.6 Å². The van der Waals surface area contributed by atoms with E-state index in [0.717, 1.165) is 13.0 Å². The average molecular weight is 301 g/mol. The number of hydrogen-bond donors (Lipinski definition) is 1. The third kappa shape index (κ3) is 2.87. The predicted octanol–water partition coefficient (Wildman–Crippen LogP) is 2.39. The Morgan fingerprint density at radius 2 is 2.30 bits per heavy atom. The molecule has 0 heterocycles. The molecule has 2 rings (SSSR count). The van der Waals surface area contributed by atoms with Crippen molar-refractivity contribution in [1.82, 2.24) is 5.32 Å². The molecule has 6 nitrogen and oxygen atoms in total. The minimum absolute atomic E-state index is 0.112. The van der Waals surface area contributed by atoms with E-state index in [9.17, 15) is 10.1 Å². The Morgan fingerprint density at radius 3 is 2.90 bits per heavy atom. The highest BCUT2D eigenvalue weighted by Crippen LogP contribution is 2.38. The molecule has 1 saturated carbocycles. The van der Waals surface area contributed by atoms with Gasteiger partial charge in [0, 0.05) is 25.6 Å². The summed E-state index contributed by atoms with van der Waals surface area (Å²) in [5.74, 6) is 0.112. The second kappa shape index (κ2) is 6.39. The minimum atomic E-state index is -0.497. The van der Waals surface area contributed by atoms with Crippen LogP contribution in [0.2, 0.25) is 5.02 Å². The SMILES string of the molecule is CCNC1CC(Oc2c(Cl)cccc2[N+](=O)[O-])C1OC. The summed E-state index contributed by atoms with van der Waals surface area (Å²) in [4.78, 5) is 10.5. The summed E-state index contributed by atoms with van der Waals surface area (Å²) in [5.41, 5.74) is -0.126. The lowest BCUT2D eigenvalue weighted by Gasteiger charge is -2.43. The highest BCUT2D eigenvalue weighted by Gasteiger charge is 2.43. The van der Waals surface area contributed by atoms with E-state index in [1.54, 1.807) is 13.2 Å². The maximum absolute atomic E-state index is 11.0. The number of hydrogen-bond acceptors (Lipinski definition) is 5. The van der Waals surface area contributed by atoms with E-state index in [1.165, 1.54) is 12.1 Å². The first-order valence-electron chi connectivity index (χ1n) is 6.44. The zero-order valence-corrected chi connectivity index (χ0v) is 12.1. The van der Waals surface area contributed by atoms with Gasteiger partial charge in [-0.3, -0.25) is 10.1 Å². The summed E-state index contributed by atoms with van der Waals surface area (Å²) in [6, 6.07) is 4.69. The van der Waals surface area contributed by atoms with Crippen molar-refractivity contribution >= 4 is 17.3 Å². The molecule has 110 valence electrons. The number of nitrogens with one attached hydrogen (secondary N) is 1. The normalized spacial score (nSPS) is 25.1. The number of rotatable bonds is 6. The number of nitrogens with zero attached hydrogens (tertiary/aromatic N) is 1. The molecule has 0 radical (unpaired) electrons. The summed E-state index contributed by atoms with van der Waals surface area (Å²) in [7, 11) is 1.60.